The predicted molar refractivity (Wildman–Crippen MR) is 96.1 cm³/mol. The van der Waals surface area contributed by atoms with E-state index in [1.165, 1.54) is 0 Å². The number of benzene rings is 1. The molecule has 1 saturated heterocycles. The normalized spacial score (nSPS) is 16.4. The standard InChI is InChI=1S/C20H24N4O/c1-3-11-24-14-18(16(2)22-24)19(25)23-12-9-20(15-21,10-13-23)17-7-5-4-6-8-17/h4-8,14H,3,9-13H2,1-2H3. The molecule has 1 aliphatic heterocycles. The molecule has 1 amide bonds. The van der Waals surface area contributed by atoms with Crippen molar-refractivity contribution in [1.82, 2.24) is 14.7 Å². The van der Waals surface area contributed by atoms with Crippen molar-refractivity contribution < 1.29 is 4.79 Å². The summed E-state index contributed by atoms with van der Waals surface area (Å²) in [6.45, 7) is 5.99. The largest absolute Gasteiger partial charge is 0.338 e. The third-order valence-corrected chi connectivity index (χ3v) is 5.07. The molecule has 2 aromatic rings. The molecule has 1 fully saturated rings. The molecular formula is C20H24N4O. The molecule has 0 radical (unpaired) electrons. The first-order chi connectivity index (χ1) is 12.1. The number of hydrogen-bond acceptors (Lipinski definition) is 3. The quantitative estimate of drug-likeness (QED) is 0.860. The number of aryl methyl sites for hydroxylation is 2. The summed E-state index contributed by atoms with van der Waals surface area (Å²) in [5, 5.41) is 14.2. The Morgan fingerprint density at radius 2 is 1.96 bits per heavy atom. The first-order valence-corrected chi connectivity index (χ1v) is 8.90. The number of hydrogen-bond donors (Lipinski definition) is 0. The van der Waals surface area contributed by atoms with Gasteiger partial charge in [0, 0.05) is 25.8 Å². The fraction of sp³-hybridized carbons (Fsp3) is 0.450. The SMILES string of the molecule is CCCn1cc(C(=O)N2CCC(C#N)(c3ccccc3)CC2)c(C)n1. The van der Waals surface area contributed by atoms with Crippen LogP contribution in [0.1, 0.15) is 47.8 Å². The van der Waals surface area contributed by atoms with Gasteiger partial charge in [0.05, 0.1) is 22.7 Å². The van der Waals surface area contributed by atoms with Crippen LogP contribution in [0, 0.1) is 18.3 Å². The minimum atomic E-state index is -0.487. The van der Waals surface area contributed by atoms with Crippen LogP contribution in [0.4, 0.5) is 0 Å². The molecule has 5 heteroatoms. The lowest BCUT2D eigenvalue weighted by atomic mass is 9.74. The Labute approximate surface area is 148 Å². The van der Waals surface area contributed by atoms with Gasteiger partial charge in [0.15, 0.2) is 0 Å². The zero-order valence-corrected chi connectivity index (χ0v) is 14.9. The highest BCUT2D eigenvalue weighted by Crippen LogP contribution is 2.35. The van der Waals surface area contributed by atoms with Crippen LogP contribution in [-0.2, 0) is 12.0 Å². The van der Waals surface area contributed by atoms with E-state index in [-0.39, 0.29) is 5.91 Å². The molecule has 0 saturated carbocycles. The van der Waals surface area contributed by atoms with Crippen LogP contribution in [0.25, 0.3) is 0 Å². The molecule has 1 aliphatic rings. The maximum absolute atomic E-state index is 12.9. The Balaban J connectivity index is 1.74. The molecule has 25 heavy (non-hydrogen) atoms. The van der Waals surface area contributed by atoms with E-state index in [0.717, 1.165) is 24.2 Å². The second-order valence-electron chi connectivity index (χ2n) is 6.74. The molecule has 3 rings (SSSR count). The molecule has 0 unspecified atom stereocenters. The van der Waals surface area contributed by atoms with Crippen molar-refractivity contribution in [3.8, 4) is 6.07 Å². The molecule has 1 aromatic carbocycles. The average Bonchev–Trinajstić information content (AvgIpc) is 3.02. The topological polar surface area (TPSA) is 61.9 Å². The van der Waals surface area contributed by atoms with Crippen LogP contribution in [0.5, 0.6) is 0 Å². The highest BCUT2D eigenvalue weighted by atomic mass is 16.2. The van der Waals surface area contributed by atoms with Gasteiger partial charge in [-0.2, -0.15) is 10.4 Å². The number of amides is 1. The van der Waals surface area contributed by atoms with Crippen molar-refractivity contribution >= 4 is 5.91 Å². The summed E-state index contributed by atoms with van der Waals surface area (Å²) in [6.07, 6.45) is 4.17. The molecule has 0 atom stereocenters. The monoisotopic (exact) mass is 336 g/mol. The fourth-order valence-corrected chi connectivity index (χ4v) is 3.56. The minimum absolute atomic E-state index is 0.0273. The van der Waals surface area contributed by atoms with Crippen molar-refractivity contribution in [1.29, 1.82) is 5.26 Å². The second-order valence-corrected chi connectivity index (χ2v) is 6.74. The third kappa shape index (κ3) is 3.30. The number of nitriles is 1. The molecular weight excluding hydrogens is 312 g/mol. The van der Waals surface area contributed by atoms with Gasteiger partial charge in [-0.15, -0.1) is 0 Å². The van der Waals surface area contributed by atoms with E-state index in [1.54, 1.807) is 0 Å². The molecule has 0 bridgehead atoms. The highest BCUT2D eigenvalue weighted by molar-refractivity contribution is 5.95. The highest BCUT2D eigenvalue weighted by Gasteiger charge is 2.38. The number of likely N-dealkylation sites (tertiary alicyclic amines) is 1. The van der Waals surface area contributed by atoms with Gasteiger partial charge in [-0.1, -0.05) is 37.3 Å². The van der Waals surface area contributed by atoms with Crippen molar-refractivity contribution in [3.63, 3.8) is 0 Å². The minimum Gasteiger partial charge on any atom is -0.338 e. The zero-order valence-electron chi connectivity index (χ0n) is 14.9. The maximum Gasteiger partial charge on any atom is 0.257 e. The van der Waals surface area contributed by atoms with Gasteiger partial charge in [0.2, 0.25) is 0 Å². The Hall–Kier alpha value is -2.61. The van der Waals surface area contributed by atoms with Gasteiger partial charge in [-0.25, -0.2) is 0 Å². The first-order valence-electron chi connectivity index (χ1n) is 8.90. The zero-order chi connectivity index (χ0) is 17.9. The van der Waals surface area contributed by atoms with Crippen LogP contribution < -0.4 is 0 Å². The summed E-state index contributed by atoms with van der Waals surface area (Å²) in [4.78, 5) is 14.7. The van der Waals surface area contributed by atoms with E-state index in [4.69, 9.17) is 0 Å². The Bertz CT molecular complexity index is 780. The van der Waals surface area contributed by atoms with E-state index in [0.29, 0.717) is 31.5 Å². The third-order valence-electron chi connectivity index (χ3n) is 5.07. The molecule has 5 nitrogen and oxygen atoms in total. The molecule has 0 N–H and O–H groups in total. The lowest BCUT2D eigenvalue weighted by Crippen LogP contribution is -2.44. The predicted octanol–water partition coefficient (Wildman–Crippen LogP) is 3.30. The van der Waals surface area contributed by atoms with Gasteiger partial charge >= 0.3 is 0 Å². The number of aromatic nitrogens is 2. The molecule has 1 aromatic heterocycles. The smallest absolute Gasteiger partial charge is 0.257 e. The summed E-state index contributed by atoms with van der Waals surface area (Å²) in [5.41, 5.74) is 2.02. The summed E-state index contributed by atoms with van der Waals surface area (Å²) >= 11 is 0. The van der Waals surface area contributed by atoms with Gasteiger partial charge in [-0.05, 0) is 31.7 Å². The van der Waals surface area contributed by atoms with Gasteiger partial charge in [-0.3, -0.25) is 9.48 Å². The van der Waals surface area contributed by atoms with E-state index < -0.39 is 5.41 Å². The van der Waals surface area contributed by atoms with Crippen LogP contribution in [0.15, 0.2) is 36.5 Å². The molecule has 2 heterocycles. The van der Waals surface area contributed by atoms with E-state index in [1.807, 2.05) is 53.0 Å². The van der Waals surface area contributed by atoms with Crippen molar-refractivity contribution in [2.75, 3.05) is 13.1 Å². The lowest BCUT2D eigenvalue weighted by Gasteiger charge is -2.37. The Morgan fingerprint density at radius 1 is 1.28 bits per heavy atom. The van der Waals surface area contributed by atoms with Crippen molar-refractivity contribution in [2.45, 2.75) is 45.1 Å². The second kappa shape index (κ2) is 7.10. The number of carbonyl (C=O) groups is 1. The van der Waals surface area contributed by atoms with Gasteiger partial charge in [0.1, 0.15) is 0 Å². The summed E-state index contributed by atoms with van der Waals surface area (Å²) < 4.78 is 1.84. The van der Waals surface area contributed by atoms with E-state index >= 15 is 0 Å². The average molecular weight is 336 g/mol. The molecule has 130 valence electrons. The maximum atomic E-state index is 12.9. The first kappa shape index (κ1) is 17.2. The Morgan fingerprint density at radius 3 is 2.56 bits per heavy atom. The summed E-state index contributed by atoms with van der Waals surface area (Å²) in [7, 11) is 0. The van der Waals surface area contributed by atoms with Crippen LogP contribution in [0.2, 0.25) is 0 Å². The number of carbonyl (C=O) groups excluding carboxylic acids is 1. The molecule has 0 aliphatic carbocycles. The number of rotatable bonds is 4. The lowest BCUT2D eigenvalue weighted by molar-refractivity contribution is 0.0691. The van der Waals surface area contributed by atoms with Gasteiger partial charge < -0.3 is 4.90 Å². The van der Waals surface area contributed by atoms with Crippen molar-refractivity contribution in [2.24, 2.45) is 0 Å². The Kier molecular flexibility index (Phi) is 4.89. The van der Waals surface area contributed by atoms with Crippen LogP contribution in [0.3, 0.4) is 0 Å². The van der Waals surface area contributed by atoms with E-state index in [9.17, 15) is 10.1 Å². The molecule has 0 spiro atoms. The van der Waals surface area contributed by atoms with Crippen molar-refractivity contribution in [3.05, 3.63) is 53.3 Å². The number of nitrogens with zero attached hydrogens (tertiary/aromatic N) is 4. The van der Waals surface area contributed by atoms with Gasteiger partial charge in [0.25, 0.3) is 5.91 Å². The van der Waals surface area contributed by atoms with Crippen LogP contribution >= 0.6 is 0 Å². The fourth-order valence-electron chi connectivity index (χ4n) is 3.56. The summed E-state index contributed by atoms with van der Waals surface area (Å²) in [6, 6.07) is 12.4. The number of piperidine rings is 1. The van der Waals surface area contributed by atoms with Crippen LogP contribution in [-0.4, -0.2) is 33.7 Å². The summed E-state index contributed by atoms with van der Waals surface area (Å²) in [5.74, 6) is 0.0273. The van der Waals surface area contributed by atoms with E-state index in [2.05, 4.69) is 18.1 Å².